The molecule has 108 valence electrons. The van der Waals surface area contributed by atoms with E-state index in [0.717, 1.165) is 17.5 Å². The van der Waals surface area contributed by atoms with Crippen molar-refractivity contribution in [3.05, 3.63) is 20.8 Å². The average molecular weight is 269 g/mol. The van der Waals surface area contributed by atoms with E-state index in [9.17, 15) is 9.59 Å². The Kier molecular flexibility index (Phi) is 5.17. The van der Waals surface area contributed by atoms with Crippen LogP contribution in [-0.4, -0.2) is 41.2 Å². The van der Waals surface area contributed by atoms with Crippen LogP contribution < -0.4 is 22.3 Å². The Labute approximate surface area is 112 Å². The molecule has 0 saturated carbocycles. The molecule has 0 atom stereocenters. The van der Waals surface area contributed by atoms with Crippen molar-refractivity contribution in [3.8, 4) is 0 Å². The number of anilines is 2. The first-order chi connectivity index (χ1) is 8.90. The largest absolute Gasteiger partial charge is 0.383 e. The Balaban J connectivity index is 3.16. The van der Waals surface area contributed by atoms with Crippen molar-refractivity contribution >= 4 is 11.5 Å². The van der Waals surface area contributed by atoms with Crippen LogP contribution in [0.5, 0.6) is 0 Å². The van der Waals surface area contributed by atoms with Gasteiger partial charge in [0, 0.05) is 26.7 Å². The molecule has 0 spiro atoms. The Morgan fingerprint density at radius 2 is 1.95 bits per heavy atom. The molecule has 1 aromatic heterocycles. The number of nitrogens with one attached hydrogen (secondary N) is 1. The molecule has 0 aliphatic heterocycles. The van der Waals surface area contributed by atoms with Gasteiger partial charge in [-0.1, -0.05) is 6.92 Å². The molecule has 1 aromatic rings. The third kappa shape index (κ3) is 3.37. The average Bonchev–Trinajstić information content (AvgIpc) is 2.36. The van der Waals surface area contributed by atoms with E-state index < -0.39 is 0 Å². The predicted octanol–water partition coefficient (Wildman–Crippen LogP) is -0.487. The van der Waals surface area contributed by atoms with Crippen LogP contribution in [0.25, 0.3) is 0 Å². The highest BCUT2D eigenvalue weighted by Gasteiger charge is 2.14. The van der Waals surface area contributed by atoms with Crippen molar-refractivity contribution in [2.75, 3.05) is 38.2 Å². The second-order valence-electron chi connectivity index (χ2n) is 4.79. The number of nitrogen functional groups attached to an aromatic ring is 1. The number of likely N-dealkylation sites (N-methyl/N-ethyl adjacent to an activating group) is 1. The predicted molar refractivity (Wildman–Crippen MR) is 77.7 cm³/mol. The van der Waals surface area contributed by atoms with Crippen LogP contribution >= 0.6 is 0 Å². The molecule has 0 unspecified atom stereocenters. The topological polar surface area (TPSA) is 85.3 Å². The van der Waals surface area contributed by atoms with Gasteiger partial charge in [0.15, 0.2) is 0 Å². The van der Waals surface area contributed by atoms with E-state index in [0.29, 0.717) is 18.8 Å². The van der Waals surface area contributed by atoms with E-state index in [1.54, 1.807) is 0 Å². The van der Waals surface area contributed by atoms with Crippen LogP contribution in [-0.2, 0) is 13.6 Å². The van der Waals surface area contributed by atoms with Crippen molar-refractivity contribution in [2.24, 2.45) is 7.05 Å². The minimum Gasteiger partial charge on any atom is -0.383 e. The summed E-state index contributed by atoms with van der Waals surface area (Å²) in [6.45, 7) is 3.82. The Morgan fingerprint density at radius 1 is 1.32 bits per heavy atom. The smallest absolute Gasteiger partial charge is 0.332 e. The lowest BCUT2D eigenvalue weighted by Crippen LogP contribution is -2.41. The molecule has 19 heavy (non-hydrogen) atoms. The standard InChI is InChI=1S/C12H23N5O2/c1-5-7-17-10(13)9(14-6-8-15(2)3)11(18)16(4)12(17)19/h14H,5-8,13H2,1-4H3. The first-order valence-corrected chi connectivity index (χ1v) is 6.38. The van der Waals surface area contributed by atoms with Gasteiger partial charge >= 0.3 is 5.69 Å². The fourth-order valence-corrected chi connectivity index (χ4v) is 1.79. The highest BCUT2D eigenvalue weighted by Crippen LogP contribution is 2.10. The zero-order valence-corrected chi connectivity index (χ0v) is 12.1. The Morgan fingerprint density at radius 3 is 2.47 bits per heavy atom. The SMILES string of the molecule is CCCn1c(N)c(NCCN(C)C)c(=O)n(C)c1=O. The molecule has 7 nitrogen and oxygen atoms in total. The maximum absolute atomic E-state index is 12.0. The van der Waals surface area contributed by atoms with E-state index in [1.807, 2.05) is 25.9 Å². The molecule has 0 bridgehead atoms. The van der Waals surface area contributed by atoms with Gasteiger partial charge in [0.1, 0.15) is 11.5 Å². The molecule has 0 amide bonds. The third-order valence-electron chi connectivity index (χ3n) is 2.89. The van der Waals surface area contributed by atoms with Gasteiger partial charge in [0.2, 0.25) is 0 Å². The second-order valence-corrected chi connectivity index (χ2v) is 4.79. The van der Waals surface area contributed by atoms with Gasteiger partial charge < -0.3 is 16.0 Å². The minimum absolute atomic E-state index is 0.216. The van der Waals surface area contributed by atoms with Crippen LogP contribution in [0.2, 0.25) is 0 Å². The van der Waals surface area contributed by atoms with Gasteiger partial charge in [-0.2, -0.15) is 0 Å². The molecule has 0 aromatic carbocycles. The van der Waals surface area contributed by atoms with Gasteiger partial charge in [0.05, 0.1) is 0 Å². The number of hydrogen-bond acceptors (Lipinski definition) is 5. The van der Waals surface area contributed by atoms with E-state index in [-0.39, 0.29) is 17.1 Å². The van der Waals surface area contributed by atoms with Crippen LogP contribution in [0.15, 0.2) is 9.59 Å². The Bertz CT molecular complexity index is 544. The summed E-state index contributed by atoms with van der Waals surface area (Å²) in [6, 6.07) is 0. The summed E-state index contributed by atoms with van der Waals surface area (Å²) in [5.41, 5.74) is 5.48. The summed E-state index contributed by atoms with van der Waals surface area (Å²) in [6.07, 6.45) is 0.777. The van der Waals surface area contributed by atoms with Crippen molar-refractivity contribution < 1.29 is 0 Å². The quantitative estimate of drug-likeness (QED) is 0.728. The molecule has 0 saturated heterocycles. The van der Waals surface area contributed by atoms with Gasteiger partial charge in [-0.15, -0.1) is 0 Å². The fourth-order valence-electron chi connectivity index (χ4n) is 1.79. The minimum atomic E-state index is -0.381. The van der Waals surface area contributed by atoms with E-state index in [1.165, 1.54) is 11.6 Å². The summed E-state index contributed by atoms with van der Waals surface area (Å²) in [7, 11) is 5.36. The van der Waals surface area contributed by atoms with Gasteiger partial charge in [-0.3, -0.25) is 13.9 Å². The lowest BCUT2D eigenvalue weighted by atomic mass is 10.4. The van der Waals surface area contributed by atoms with Crippen molar-refractivity contribution in [3.63, 3.8) is 0 Å². The van der Waals surface area contributed by atoms with E-state index in [4.69, 9.17) is 5.73 Å². The van der Waals surface area contributed by atoms with Crippen molar-refractivity contribution in [1.82, 2.24) is 14.0 Å². The summed E-state index contributed by atoms with van der Waals surface area (Å²) in [5.74, 6) is 0.216. The van der Waals surface area contributed by atoms with Crippen LogP contribution in [0.4, 0.5) is 11.5 Å². The fraction of sp³-hybridized carbons (Fsp3) is 0.667. The van der Waals surface area contributed by atoms with Gasteiger partial charge in [-0.25, -0.2) is 4.79 Å². The third-order valence-corrected chi connectivity index (χ3v) is 2.89. The molecular formula is C12H23N5O2. The van der Waals surface area contributed by atoms with E-state index in [2.05, 4.69) is 5.32 Å². The van der Waals surface area contributed by atoms with Gasteiger partial charge in [-0.05, 0) is 20.5 Å². The molecular weight excluding hydrogens is 246 g/mol. The first-order valence-electron chi connectivity index (χ1n) is 6.38. The number of nitrogens with zero attached hydrogens (tertiary/aromatic N) is 3. The molecule has 1 rings (SSSR count). The molecule has 1 heterocycles. The molecule has 0 fully saturated rings. The summed E-state index contributed by atoms with van der Waals surface area (Å²) < 4.78 is 2.52. The Hall–Kier alpha value is -1.76. The van der Waals surface area contributed by atoms with E-state index >= 15 is 0 Å². The van der Waals surface area contributed by atoms with Crippen molar-refractivity contribution in [2.45, 2.75) is 19.9 Å². The molecule has 0 aliphatic carbocycles. The van der Waals surface area contributed by atoms with Crippen molar-refractivity contribution in [1.29, 1.82) is 0 Å². The maximum atomic E-state index is 12.0. The highest BCUT2D eigenvalue weighted by molar-refractivity contribution is 5.60. The number of rotatable bonds is 6. The lowest BCUT2D eigenvalue weighted by Gasteiger charge is -2.16. The van der Waals surface area contributed by atoms with Gasteiger partial charge in [0.25, 0.3) is 5.56 Å². The zero-order chi connectivity index (χ0) is 14.6. The normalized spacial score (nSPS) is 11.0. The highest BCUT2D eigenvalue weighted by atomic mass is 16.2. The monoisotopic (exact) mass is 269 g/mol. The molecule has 0 aliphatic rings. The lowest BCUT2D eigenvalue weighted by molar-refractivity contribution is 0.425. The summed E-state index contributed by atoms with van der Waals surface area (Å²) in [5, 5.41) is 3.02. The molecule has 7 heteroatoms. The summed E-state index contributed by atoms with van der Waals surface area (Å²) in [4.78, 5) is 26.0. The summed E-state index contributed by atoms with van der Waals surface area (Å²) >= 11 is 0. The molecule has 3 N–H and O–H groups in total. The van der Waals surface area contributed by atoms with Crippen LogP contribution in [0, 0.1) is 0 Å². The second kappa shape index (κ2) is 6.42. The number of hydrogen-bond donors (Lipinski definition) is 2. The van der Waals surface area contributed by atoms with Crippen LogP contribution in [0.3, 0.4) is 0 Å². The number of nitrogens with two attached hydrogens (primary N) is 1. The maximum Gasteiger partial charge on any atom is 0.332 e. The first kappa shape index (κ1) is 15.3. The zero-order valence-electron chi connectivity index (χ0n) is 12.1. The number of aromatic nitrogens is 2. The van der Waals surface area contributed by atoms with Crippen LogP contribution in [0.1, 0.15) is 13.3 Å². The molecule has 0 radical (unpaired) electrons.